The molecule has 0 aliphatic rings. The highest BCUT2D eigenvalue weighted by molar-refractivity contribution is 6.74. The number of carbonyl (C=O) groups excluding carboxylic acids is 1. The van der Waals surface area contributed by atoms with Crippen LogP contribution in [0.4, 0.5) is 0 Å². The molecule has 0 aromatic heterocycles. The summed E-state index contributed by atoms with van der Waals surface area (Å²) in [6, 6.07) is 5.22. The second kappa shape index (κ2) is 5.06. The van der Waals surface area contributed by atoms with Crippen molar-refractivity contribution in [2.45, 2.75) is 45.8 Å². The van der Waals surface area contributed by atoms with Gasteiger partial charge in [0.05, 0.1) is 5.56 Å². The van der Waals surface area contributed by atoms with Crippen molar-refractivity contribution in [2.75, 3.05) is 0 Å². The van der Waals surface area contributed by atoms with Gasteiger partial charge in [0.1, 0.15) is 5.75 Å². The molecule has 18 heavy (non-hydrogen) atoms. The fraction of sp³-hybridized carbons (Fsp3) is 0.500. The second-order valence-corrected chi connectivity index (χ2v) is 11.2. The van der Waals surface area contributed by atoms with Gasteiger partial charge >= 0.3 is 0 Å². The van der Waals surface area contributed by atoms with Crippen molar-refractivity contribution in [3.8, 4) is 5.75 Å². The first-order chi connectivity index (χ1) is 8.04. The number of carbonyl (C=O) groups is 1. The summed E-state index contributed by atoms with van der Waals surface area (Å²) in [5, 5.41) is 0.656. The third kappa shape index (κ3) is 3.36. The van der Waals surface area contributed by atoms with Crippen molar-refractivity contribution >= 4 is 25.7 Å². The first kappa shape index (κ1) is 15.3. The zero-order chi connectivity index (χ0) is 14.1. The van der Waals surface area contributed by atoms with Gasteiger partial charge in [0, 0.05) is 5.02 Å². The number of ketones is 1. The van der Waals surface area contributed by atoms with Crippen LogP contribution in [0.1, 0.15) is 38.1 Å². The zero-order valence-corrected chi connectivity index (χ0v) is 13.7. The molecular formula is C14H21ClO2Si. The molecule has 0 saturated heterocycles. The summed E-state index contributed by atoms with van der Waals surface area (Å²) < 4.78 is 6.17. The van der Waals surface area contributed by atoms with E-state index in [9.17, 15) is 4.79 Å². The Labute approximate surface area is 115 Å². The molecule has 0 radical (unpaired) electrons. The monoisotopic (exact) mass is 284 g/mol. The molecule has 0 bridgehead atoms. The van der Waals surface area contributed by atoms with Gasteiger partial charge in [-0.2, -0.15) is 0 Å². The molecule has 1 rings (SSSR count). The molecule has 0 amide bonds. The molecule has 0 atom stereocenters. The van der Waals surface area contributed by atoms with E-state index in [4.69, 9.17) is 16.0 Å². The van der Waals surface area contributed by atoms with Gasteiger partial charge in [-0.15, -0.1) is 0 Å². The third-order valence-corrected chi connectivity index (χ3v) is 8.07. The number of hydrogen-bond donors (Lipinski definition) is 0. The van der Waals surface area contributed by atoms with E-state index in [1.807, 2.05) is 0 Å². The molecule has 1 aromatic carbocycles. The summed E-state index contributed by atoms with van der Waals surface area (Å²) in [7, 11) is -1.94. The predicted molar refractivity (Wildman–Crippen MR) is 79.3 cm³/mol. The van der Waals surface area contributed by atoms with E-state index in [1.54, 1.807) is 18.2 Å². The summed E-state index contributed by atoms with van der Waals surface area (Å²) in [6.45, 7) is 12.4. The molecule has 0 N–H and O–H groups in total. The molecule has 4 heteroatoms. The minimum absolute atomic E-state index is 0.0220. The molecule has 0 unspecified atom stereocenters. The van der Waals surface area contributed by atoms with Crippen LogP contribution in [0.15, 0.2) is 18.2 Å². The van der Waals surface area contributed by atoms with E-state index in [0.717, 1.165) is 0 Å². The number of benzene rings is 1. The number of halogens is 1. The maximum atomic E-state index is 11.6. The topological polar surface area (TPSA) is 26.3 Å². The molecule has 0 aliphatic carbocycles. The van der Waals surface area contributed by atoms with Crippen molar-refractivity contribution < 1.29 is 9.22 Å². The van der Waals surface area contributed by atoms with E-state index in [1.165, 1.54) is 6.92 Å². The van der Waals surface area contributed by atoms with Gasteiger partial charge in [-0.1, -0.05) is 32.4 Å². The fourth-order valence-electron chi connectivity index (χ4n) is 1.29. The highest BCUT2D eigenvalue weighted by Gasteiger charge is 2.39. The molecular weight excluding hydrogens is 264 g/mol. The van der Waals surface area contributed by atoms with E-state index in [-0.39, 0.29) is 10.8 Å². The van der Waals surface area contributed by atoms with Gasteiger partial charge in [0.15, 0.2) is 5.78 Å². The maximum absolute atomic E-state index is 11.6. The molecule has 0 saturated carbocycles. The average molecular weight is 285 g/mol. The lowest BCUT2D eigenvalue weighted by Gasteiger charge is -2.36. The second-order valence-electron chi connectivity index (χ2n) is 6.06. The van der Waals surface area contributed by atoms with Gasteiger partial charge in [0.2, 0.25) is 0 Å². The standard InChI is InChI=1S/C14H21ClO2Si/c1-10(16)12-9-11(15)7-8-13(12)17-18(5,6)14(2,3)4/h7-9H,1-6H3. The molecule has 1 aromatic rings. The molecule has 100 valence electrons. The molecule has 0 spiro atoms. The lowest BCUT2D eigenvalue weighted by atomic mass is 10.1. The van der Waals surface area contributed by atoms with Crippen LogP contribution in [-0.2, 0) is 0 Å². The van der Waals surface area contributed by atoms with Gasteiger partial charge in [-0.3, -0.25) is 4.79 Å². The van der Waals surface area contributed by atoms with Crippen LogP contribution < -0.4 is 4.43 Å². The Kier molecular flexibility index (Phi) is 4.29. The summed E-state index contributed by atoms with van der Waals surface area (Å²) in [6.07, 6.45) is 0. The molecule has 0 aliphatic heterocycles. The third-order valence-electron chi connectivity index (χ3n) is 3.49. The van der Waals surface area contributed by atoms with Gasteiger partial charge < -0.3 is 4.43 Å². The van der Waals surface area contributed by atoms with Crippen molar-refractivity contribution in [3.63, 3.8) is 0 Å². The van der Waals surface area contributed by atoms with Crippen LogP contribution in [-0.4, -0.2) is 14.1 Å². The number of Topliss-reactive ketones (excluding diaryl/α,β-unsaturated/α-hetero) is 1. The summed E-state index contributed by atoms with van der Waals surface area (Å²) in [4.78, 5) is 11.6. The Balaban J connectivity index is 3.16. The summed E-state index contributed by atoms with van der Waals surface area (Å²) in [5.74, 6) is 0.629. The maximum Gasteiger partial charge on any atom is 0.250 e. The molecule has 0 heterocycles. The van der Waals surface area contributed by atoms with Crippen molar-refractivity contribution in [2.24, 2.45) is 0 Å². The van der Waals surface area contributed by atoms with Gasteiger partial charge in [0.25, 0.3) is 8.32 Å². The predicted octanol–water partition coefficient (Wildman–Crippen LogP) is 4.93. The Morgan fingerprint density at radius 2 is 1.83 bits per heavy atom. The Bertz CT molecular complexity index is 461. The largest absolute Gasteiger partial charge is 0.543 e. The number of hydrogen-bond acceptors (Lipinski definition) is 2. The van der Waals surface area contributed by atoms with E-state index in [2.05, 4.69) is 33.9 Å². The summed E-state index contributed by atoms with van der Waals surface area (Å²) in [5.41, 5.74) is 0.562. The number of rotatable bonds is 3. The highest BCUT2D eigenvalue weighted by atomic mass is 35.5. The van der Waals surface area contributed by atoms with Crippen molar-refractivity contribution in [1.29, 1.82) is 0 Å². The molecule has 2 nitrogen and oxygen atoms in total. The van der Waals surface area contributed by atoms with Crippen LogP contribution >= 0.6 is 11.6 Å². The fourth-order valence-corrected chi connectivity index (χ4v) is 2.50. The van der Waals surface area contributed by atoms with Crippen LogP contribution in [0.3, 0.4) is 0 Å². The first-order valence-electron chi connectivity index (χ1n) is 6.04. The van der Waals surface area contributed by atoms with E-state index < -0.39 is 8.32 Å². The van der Waals surface area contributed by atoms with Crippen LogP contribution in [0, 0.1) is 0 Å². The van der Waals surface area contributed by atoms with Crippen LogP contribution in [0.5, 0.6) is 5.75 Å². The quantitative estimate of drug-likeness (QED) is 0.581. The van der Waals surface area contributed by atoms with Crippen LogP contribution in [0.25, 0.3) is 0 Å². The highest BCUT2D eigenvalue weighted by Crippen LogP contribution is 2.38. The Morgan fingerprint density at radius 1 is 1.28 bits per heavy atom. The smallest absolute Gasteiger partial charge is 0.250 e. The van der Waals surface area contributed by atoms with Crippen molar-refractivity contribution in [1.82, 2.24) is 0 Å². The minimum Gasteiger partial charge on any atom is -0.543 e. The lowest BCUT2D eigenvalue weighted by molar-refractivity contribution is 0.101. The molecule has 0 fully saturated rings. The zero-order valence-electron chi connectivity index (χ0n) is 11.9. The summed E-state index contributed by atoms with van der Waals surface area (Å²) >= 11 is 5.93. The first-order valence-corrected chi connectivity index (χ1v) is 9.33. The SMILES string of the molecule is CC(=O)c1cc(Cl)ccc1O[Si](C)(C)C(C)(C)C. The van der Waals surface area contributed by atoms with E-state index in [0.29, 0.717) is 16.3 Å². The van der Waals surface area contributed by atoms with E-state index >= 15 is 0 Å². The Morgan fingerprint density at radius 3 is 2.28 bits per heavy atom. The Hall–Kier alpha value is -0.803. The minimum atomic E-state index is -1.94. The normalized spacial score (nSPS) is 12.4. The van der Waals surface area contributed by atoms with Gasteiger partial charge in [-0.05, 0) is 43.3 Å². The van der Waals surface area contributed by atoms with Crippen molar-refractivity contribution in [3.05, 3.63) is 28.8 Å². The lowest BCUT2D eigenvalue weighted by Crippen LogP contribution is -2.44. The van der Waals surface area contributed by atoms with Gasteiger partial charge in [-0.25, -0.2) is 0 Å². The van der Waals surface area contributed by atoms with Crippen LogP contribution in [0.2, 0.25) is 23.2 Å². The average Bonchev–Trinajstić information content (AvgIpc) is 2.18.